The van der Waals surface area contributed by atoms with E-state index in [4.69, 9.17) is 0 Å². The average molecular weight is 908 g/mol. The standard InChI is InChI=1S/C66H45N3Si/c1-5-21-46(22-6-1)47-37-39-48(40-38-47)67-59-33-17-16-32-56(59)58-45-49(41-43-63(58)67)68-60-34-18-15-31-55(60)57-42-44-64(69-61-35-19-13-29-53(61)54-30-14-20-36-62(54)69)66(65(57)68)70(50-23-7-2-8-24-50,51-25-9-3-10-26-51)52-27-11-4-12-28-52/h1-45H. The predicted octanol–water partition coefficient (Wildman–Crippen LogP) is 14.0. The molecule has 0 atom stereocenters. The lowest BCUT2D eigenvalue weighted by atomic mass is 10.1. The van der Waals surface area contributed by atoms with Gasteiger partial charge in [0.25, 0.3) is 0 Å². The van der Waals surface area contributed by atoms with E-state index in [1.165, 1.54) is 103 Å². The van der Waals surface area contributed by atoms with Gasteiger partial charge >= 0.3 is 0 Å². The molecule has 0 saturated carbocycles. The maximum absolute atomic E-state index is 3.28. The van der Waals surface area contributed by atoms with Gasteiger partial charge in [-0.15, -0.1) is 0 Å². The van der Waals surface area contributed by atoms with E-state index in [9.17, 15) is 0 Å². The lowest BCUT2D eigenvalue weighted by molar-refractivity contribution is 1.16. The molecule has 0 N–H and O–H groups in total. The summed E-state index contributed by atoms with van der Waals surface area (Å²) < 4.78 is 7.60. The number of para-hydroxylation sites is 4. The van der Waals surface area contributed by atoms with Gasteiger partial charge in [0, 0.05) is 54.6 Å². The molecule has 0 aliphatic heterocycles. The van der Waals surface area contributed by atoms with Gasteiger partial charge in [-0.3, -0.25) is 0 Å². The van der Waals surface area contributed by atoms with Gasteiger partial charge in [-0.1, -0.05) is 212 Å². The second kappa shape index (κ2) is 16.1. The first kappa shape index (κ1) is 40.1. The second-order valence-electron chi connectivity index (χ2n) is 18.4. The summed E-state index contributed by atoms with van der Waals surface area (Å²) in [5.74, 6) is 0. The van der Waals surface area contributed by atoms with E-state index in [0.717, 1.165) is 11.4 Å². The molecule has 70 heavy (non-hydrogen) atoms. The van der Waals surface area contributed by atoms with Crippen LogP contribution in [0.4, 0.5) is 0 Å². The molecule has 0 spiro atoms. The Bertz CT molecular complexity index is 4110. The fourth-order valence-electron chi connectivity index (χ4n) is 11.9. The third-order valence-electron chi connectivity index (χ3n) is 14.8. The molecule has 14 rings (SSSR count). The topological polar surface area (TPSA) is 14.8 Å². The lowest BCUT2D eigenvalue weighted by Gasteiger charge is -2.37. The Morgan fingerprint density at radius 1 is 0.243 bits per heavy atom. The summed E-state index contributed by atoms with van der Waals surface area (Å²) in [6.45, 7) is 0. The molecule has 0 radical (unpaired) electrons. The highest BCUT2D eigenvalue weighted by atomic mass is 28.3. The van der Waals surface area contributed by atoms with Crippen molar-refractivity contribution in [2.75, 3.05) is 0 Å². The van der Waals surface area contributed by atoms with Gasteiger partial charge < -0.3 is 13.7 Å². The molecule has 0 amide bonds. The Balaban J connectivity index is 1.15. The molecule has 11 aromatic carbocycles. The van der Waals surface area contributed by atoms with Crippen molar-refractivity contribution in [2.24, 2.45) is 0 Å². The zero-order valence-electron chi connectivity index (χ0n) is 38.3. The van der Waals surface area contributed by atoms with Gasteiger partial charge in [0.05, 0.1) is 33.1 Å². The fraction of sp³-hybridized carbons (Fsp3) is 0. The summed E-state index contributed by atoms with van der Waals surface area (Å²) in [5, 5.41) is 12.7. The van der Waals surface area contributed by atoms with Crippen molar-refractivity contribution >= 4 is 94.2 Å². The summed E-state index contributed by atoms with van der Waals surface area (Å²) in [6, 6.07) is 102. The third-order valence-corrected chi connectivity index (χ3v) is 19.6. The van der Waals surface area contributed by atoms with Gasteiger partial charge in [-0.25, -0.2) is 0 Å². The van der Waals surface area contributed by atoms with Crippen LogP contribution in [0.1, 0.15) is 0 Å². The van der Waals surface area contributed by atoms with Crippen molar-refractivity contribution in [3.8, 4) is 28.2 Å². The van der Waals surface area contributed by atoms with E-state index in [1.54, 1.807) is 0 Å². The minimum absolute atomic E-state index is 1.12. The summed E-state index contributed by atoms with van der Waals surface area (Å²) >= 11 is 0. The van der Waals surface area contributed by atoms with Crippen molar-refractivity contribution in [1.82, 2.24) is 13.7 Å². The molecule has 3 aromatic heterocycles. The summed E-state index contributed by atoms with van der Waals surface area (Å²) in [7, 11) is -3.28. The Labute approximate surface area is 407 Å². The highest BCUT2D eigenvalue weighted by molar-refractivity contribution is 7.21. The zero-order valence-corrected chi connectivity index (χ0v) is 39.3. The molecule has 3 nitrogen and oxygen atoms in total. The van der Waals surface area contributed by atoms with Crippen LogP contribution in [0, 0.1) is 0 Å². The zero-order chi connectivity index (χ0) is 46.2. The number of aromatic nitrogens is 3. The molecule has 0 aliphatic rings. The van der Waals surface area contributed by atoms with Crippen molar-refractivity contribution in [3.63, 3.8) is 0 Å². The number of hydrogen-bond donors (Lipinski definition) is 0. The predicted molar refractivity (Wildman–Crippen MR) is 299 cm³/mol. The number of nitrogens with zero attached hydrogens (tertiary/aromatic N) is 3. The van der Waals surface area contributed by atoms with Crippen LogP contribution in [0.25, 0.3) is 93.6 Å². The van der Waals surface area contributed by atoms with Gasteiger partial charge in [0.2, 0.25) is 0 Å². The van der Waals surface area contributed by atoms with Gasteiger partial charge in [-0.05, 0) is 87.4 Å². The molecular formula is C66H45N3Si. The molecule has 4 heteroatoms. The normalized spacial score (nSPS) is 12.0. The van der Waals surface area contributed by atoms with E-state index in [0.29, 0.717) is 0 Å². The second-order valence-corrected chi connectivity index (χ2v) is 22.1. The quantitative estimate of drug-likeness (QED) is 0.107. The summed E-state index contributed by atoms with van der Waals surface area (Å²) in [4.78, 5) is 0. The van der Waals surface area contributed by atoms with E-state index < -0.39 is 8.07 Å². The van der Waals surface area contributed by atoms with Crippen molar-refractivity contribution in [3.05, 3.63) is 273 Å². The van der Waals surface area contributed by atoms with Crippen LogP contribution < -0.4 is 20.7 Å². The molecule has 0 saturated heterocycles. The average Bonchev–Trinajstić information content (AvgIpc) is 4.08. The number of rotatable bonds is 8. The maximum atomic E-state index is 2.61. The van der Waals surface area contributed by atoms with Gasteiger partial charge in [0.15, 0.2) is 8.07 Å². The van der Waals surface area contributed by atoms with Crippen LogP contribution in [-0.2, 0) is 0 Å². The number of benzene rings is 11. The van der Waals surface area contributed by atoms with Crippen LogP contribution >= 0.6 is 0 Å². The minimum atomic E-state index is -3.28. The molecule has 0 aliphatic carbocycles. The smallest absolute Gasteiger partial charge is 0.184 e. The van der Waals surface area contributed by atoms with Gasteiger partial charge in [-0.2, -0.15) is 0 Å². The highest BCUT2D eigenvalue weighted by Gasteiger charge is 2.46. The summed E-state index contributed by atoms with van der Waals surface area (Å²) in [6.07, 6.45) is 0. The van der Waals surface area contributed by atoms with Crippen LogP contribution in [0.5, 0.6) is 0 Å². The van der Waals surface area contributed by atoms with E-state index in [-0.39, 0.29) is 0 Å². The highest BCUT2D eigenvalue weighted by Crippen LogP contribution is 2.40. The molecule has 0 fully saturated rings. The SMILES string of the molecule is c1ccc(-c2ccc(-n3c4ccccc4c4cc(-n5c6ccccc6c6ccc(-n7c8ccccc8c8ccccc87)c([Si](c7ccccc7)(c7ccccc7)c7ccccc7)c65)ccc43)cc2)cc1. The summed E-state index contributed by atoms with van der Waals surface area (Å²) in [5.41, 5.74) is 13.0. The first-order valence-corrected chi connectivity index (χ1v) is 26.2. The maximum Gasteiger partial charge on any atom is 0.184 e. The third kappa shape index (κ3) is 5.94. The molecule has 3 heterocycles. The van der Waals surface area contributed by atoms with E-state index in [1.807, 2.05) is 0 Å². The Hall–Kier alpha value is -8.96. The van der Waals surface area contributed by atoms with Gasteiger partial charge in [0.1, 0.15) is 0 Å². The van der Waals surface area contributed by atoms with Crippen molar-refractivity contribution in [2.45, 2.75) is 0 Å². The molecular weight excluding hydrogens is 863 g/mol. The van der Waals surface area contributed by atoms with Crippen LogP contribution in [0.2, 0.25) is 0 Å². The number of hydrogen-bond acceptors (Lipinski definition) is 0. The molecule has 0 unspecified atom stereocenters. The van der Waals surface area contributed by atoms with Crippen LogP contribution in [0.3, 0.4) is 0 Å². The molecule has 0 bridgehead atoms. The Morgan fingerprint density at radius 3 is 1.16 bits per heavy atom. The van der Waals surface area contributed by atoms with Crippen molar-refractivity contribution in [1.29, 1.82) is 0 Å². The lowest BCUT2D eigenvalue weighted by Crippen LogP contribution is -2.75. The molecule has 328 valence electrons. The largest absolute Gasteiger partial charge is 0.309 e. The Morgan fingerprint density at radius 2 is 0.629 bits per heavy atom. The molecule has 14 aromatic rings. The Kier molecular flexibility index (Phi) is 9.23. The fourth-order valence-corrected chi connectivity index (χ4v) is 17.0. The minimum Gasteiger partial charge on any atom is -0.309 e. The first-order valence-electron chi connectivity index (χ1n) is 24.2. The van der Waals surface area contributed by atoms with Crippen molar-refractivity contribution < 1.29 is 0 Å². The van der Waals surface area contributed by atoms with E-state index >= 15 is 0 Å². The van der Waals surface area contributed by atoms with Crippen LogP contribution in [-0.4, -0.2) is 21.8 Å². The first-order chi connectivity index (χ1) is 34.8. The number of fused-ring (bicyclic) bond motifs is 9. The monoisotopic (exact) mass is 907 g/mol. The van der Waals surface area contributed by atoms with E-state index in [2.05, 4.69) is 287 Å². The van der Waals surface area contributed by atoms with Crippen LogP contribution in [0.15, 0.2) is 273 Å².